The van der Waals surface area contributed by atoms with Crippen LogP contribution < -0.4 is 21.3 Å². The molecule has 4 amide bonds. The molecule has 8 rings (SSSR count). The molecule has 2 heterocycles. The molecule has 6 aromatic carbocycles. The number of halogens is 2. The van der Waals surface area contributed by atoms with Crippen LogP contribution in [-0.4, -0.2) is 139 Å². The van der Waals surface area contributed by atoms with E-state index in [4.69, 9.17) is 23.8 Å². The second kappa shape index (κ2) is 37.6. The number of hydrogen-bond acceptors (Lipinski definition) is 17. The fourth-order valence-corrected chi connectivity index (χ4v) is 15.7. The smallest absolute Gasteiger partial charge is 0.408 e. The Morgan fingerprint density at radius 2 is 0.938 bits per heavy atom. The fraction of sp³-hybridized carbons (Fsp3) is 0.400. The Kier molecular flexibility index (Phi) is 30.9. The summed E-state index contributed by atoms with van der Waals surface area (Å²) in [6, 6.07) is 41.3. The number of thioether (sulfide) groups is 2. The normalized spacial score (nSPS) is 15.8. The number of carbonyl (C=O) groups excluding carboxylic acids is 7. The number of benzene rings is 6. The summed E-state index contributed by atoms with van der Waals surface area (Å²) in [5.41, 5.74) is 3.72. The van der Waals surface area contributed by atoms with Gasteiger partial charge >= 0.3 is 24.3 Å². The SMILES string of the molecule is CC(C)CNC(=O)OC(C)(C)C.CC(C)[C@H](NC(=O)OC(C)(C)C)C(=O)OCC[C@H](NC(=O)[C@@H]1SCCN1S(=O)(=O)c1ccc(-c2ccccc2)cc1)c1ccc(F)cc1.O=C(N[C@@H](CCO)c1ccc(F)cc1)[C@@H]1SCCN1S(=O)(=O)c1ccc(-c2ccccc2)cc1.O=C=O.[HH].[HH].[HH].[HH]. The lowest BCUT2D eigenvalue weighted by Gasteiger charge is -2.26. The predicted octanol–water partition coefficient (Wildman–Crippen LogP) is 12.3. The highest BCUT2D eigenvalue weighted by Gasteiger charge is 2.43. The average molecular weight is 1430 g/mol. The van der Waals surface area contributed by atoms with Gasteiger partial charge in [0.2, 0.25) is 31.9 Å². The minimum atomic E-state index is -4.02. The zero-order chi connectivity index (χ0) is 71.7. The Hall–Kier alpha value is -8.01. The monoisotopic (exact) mass is 1420 g/mol. The molecule has 0 radical (unpaired) electrons. The highest BCUT2D eigenvalue weighted by atomic mass is 32.2. The molecule has 27 heteroatoms. The number of carbonyl (C=O) groups is 5. The number of esters is 1. The topological polar surface area (TPSA) is 290 Å². The van der Waals surface area contributed by atoms with Gasteiger partial charge in [-0.3, -0.25) is 9.59 Å². The highest BCUT2D eigenvalue weighted by molar-refractivity contribution is 8.02. The van der Waals surface area contributed by atoms with Gasteiger partial charge in [-0.1, -0.05) is 137 Å². The van der Waals surface area contributed by atoms with Crippen LogP contribution in [-0.2, 0) is 58.2 Å². The molecule has 2 aliphatic rings. The Bertz CT molecular complexity index is 3790. The van der Waals surface area contributed by atoms with Crippen LogP contribution in [0.25, 0.3) is 22.3 Å². The third-order valence-corrected chi connectivity index (χ3v) is 20.6. The second-order valence-corrected chi connectivity index (χ2v) is 31.0. The number of hydrogen-bond donors (Lipinski definition) is 5. The van der Waals surface area contributed by atoms with Crippen molar-refractivity contribution >= 4 is 79.7 Å². The summed E-state index contributed by atoms with van der Waals surface area (Å²) < 4.78 is 99.4. The van der Waals surface area contributed by atoms with Gasteiger partial charge in [0.1, 0.15) is 39.6 Å². The van der Waals surface area contributed by atoms with Crippen LogP contribution in [0.5, 0.6) is 0 Å². The number of rotatable bonds is 22. The van der Waals surface area contributed by atoms with Crippen LogP contribution in [0.3, 0.4) is 0 Å². The van der Waals surface area contributed by atoms with Crippen LogP contribution in [0.2, 0.25) is 0 Å². The van der Waals surface area contributed by atoms with Crippen molar-refractivity contribution in [3.63, 3.8) is 0 Å². The van der Waals surface area contributed by atoms with Crippen LogP contribution in [0, 0.1) is 23.5 Å². The molecule has 0 bridgehead atoms. The lowest BCUT2D eigenvalue weighted by molar-refractivity contribution is -0.191. The molecule has 2 saturated heterocycles. The van der Waals surface area contributed by atoms with Crippen molar-refractivity contribution in [1.29, 1.82) is 0 Å². The average Bonchev–Trinajstić information content (AvgIpc) is 1.72. The number of aliphatic hydroxyl groups excluding tert-OH is 1. The molecule has 2 fully saturated rings. The van der Waals surface area contributed by atoms with E-state index in [1.807, 2.05) is 95.3 Å². The van der Waals surface area contributed by atoms with Crippen molar-refractivity contribution in [2.45, 2.75) is 132 Å². The summed E-state index contributed by atoms with van der Waals surface area (Å²) in [7, 11) is -7.91. The standard InChI is InChI=1S/C35H42FN3O7S2.C25H25FN2O4S2.C9H19NO2.CO2.4H2/c1-23(2)30(38-34(42)46-35(3,4)5)33(41)45-21-19-29(26-11-15-27(36)16-12-26)37-31(40)32-39(20-22-47-32)48(43,44)28-17-13-25(14-18-28)24-9-7-6-8-10-24;26-21-10-6-20(7-11-21)23(14-16-29)27-24(30)25-28(15-17-33-25)34(31,32)22-12-8-19(9-13-22)18-4-2-1-3-5-18;1-7(2)6-10-8(11)12-9(3,4)5;2-1-3;;;;/h6-18,23,29-30,32H,19-22H2,1-5H3,(H,37,40)(H,38,42);1-13,23,25,29H,14-17H2,(H,27,30);7H,6H2,1-5H3,(H,10,11);;4*1H/t29-,30-,32-;23-,25-;;;;;;/m00....../s1. The van der Waals surface area contributed by atoms with Crippen molar-refractivity contribution in [3.8, 4) is 22.3 Å². The molecule has 5 N–H and O–H groups in total. The van der Waals surface area contributed by atoms with Gasteiger partial charge in [0.05, 0.1) is 28.5 Å². The summed E-state index contributed by atoms with van der Waals surface area (Å²) in [5, 5.41) is 18.4. The van der Waals surface area contributed by atoms with E-state index in [2.05, 4.69) is 21.3 Å². The summed E-state index contributed by atoms with van der Waals surface area (Å²) >= 11 is 2.45. The van der Waals surface area contributed by atoms with Crippen LogP contribution >= 0.6 is 23.5 Å². The molecular weight excluding hydrogens is 1330 g/mol. The van der Waals surface area contributed by atoms with E-state index in [-0.39, 0.29) is 72.8 Å². The van der Waals surface area contributed by atoms with E-state index >= 15 is 0 Å². The Morgan fingerprint density at radius 1 is 0.567 bits per heavy atom. The van der Waals surface area contributed by atoms with Gasteiger partial charge in [-0.05, 0) is 142 Å². The van der Waals surface area contributed by atoms with Crippen molar-refractivity contribution in [2.75, 3.05) is 44.4 Å². The van der Waals surface area contributed by atoms with Crippen LogP contribution in [0.15, 0.2) is 168 Å². The maximum Gasteiger partial charge on any atom is 0.408 e. The first kappa shape index (κ1) is 79.7. The van der Waals surface area contributed by atoms with E-state index in [9.17, 15) is 54.7 Å². The predicted molar refractivity (Wildman–Crippen MR) is 376 cm³/mol. The Morgan fingerprint density at radius 3 is 1.30 bits per heavy atom. The van der Waals surface area contributed by atoms with E-state index in [1.54, 1.807) is 83.1 Å². The maximum atomic E-state index is 13.8. The van der Waals surface area contributed by atoms with Crippen molar-refractivity contribution < 1.29 is 84.2 Å². The van der Waals surface area contributed by atoms with Gasteiger partial charge in [0.25, 0.3) is 0 Å². The molecule has 6 aromatic rings. The summed E-state index contributed by atoms with van der Waals surface area (Å²) in [4.78, 5) is 79.5. The summed E-state index contributed by atoms with van der Waals surface area (Å²) in [6.07, 6.45) is -0.514. The zero-order valence-corrected chi connectivity index (χ0v) is 59.1. The van der Waals surface area contributed by atoms with Gasteiger partial charge < -0.3 is 40.6 Å². The molecule has 5 atom stereocenters. The van der Waals surface area contributed by atoms with E-state index in [1.165, 1.54) is 80.7 Å². The molecule has 0 saturated carbocycles. The van der Waals surface area contributed by atoms with Crippen molar-refractivity contribution in [2.24, 2.45) is 11.8 Å². The molecule has 0 spiro atoms. The van der Waals surface area contributed by atoms with Gasteiger partial charge in [-0.15, -0.1) is 23.5 Å². The minimum Gasteiger partial charge on any atom is -0.464 e. The van der Waals surface area contributed by atoms with Gasteiger partial charge in [0, 0.05) is 49.9 Å². The summed E-state index contributed by atoms with van der Waals surface area (Å²) in [5.74, 6) is -1.51. The molecule has 97 heavy (non-hydrogen) atoms. The zero-order valence-electron chi connectivity index (χ0n) is 55.9. The fourth-order valence-electron chi connectivity index (χ4n) is 9.54. The largest absolute Gasteiger partial charge is 0.464 e. The van der Waals surface area contributed by atoms with Gasteiger partial charge in [0.15, 0.2) is 0 Å². The first-order valence-corrected chi connectivity index (χ1v) is 36.2. The number of nitrogens with zero attached hydrogens (tertiary/aromatic N) is 2. The molecular formula is C70H94F2N6O15S4. The molecule has 0 aliphatic carbocycles. The lowest BCUT2D eigenvalue weighted by atomic mass is 10.0. The number of ether oxygens (including phenoxy) is 3. The maximum absolute atomic E-state index is 13.8. The van der Waals surface area contributed by atoms with E-state index in [0.717, 1.165) is 22.3 Å². The molecule has 0 aromatic heterocycles. The lowest BCUT2D eigenvalue weighted by Crippen LogP contribution is -2.47. The van der Waals surface area contributed by atoms with Gasteiger partial charge in [-0.2, -0.15) is 18.2 Å². The Labute approximate surface area is 581 Å². The molecule has 0 unspecified atom stereocenters. The quantitative estimate of drug-likeness (QED) is 0.0312. The number of amides is 4. The van der Waals surface area contributed by atoms with Gasteiger partial charge in [-0.25, -0.2) is 40.0 Å². The third kappa shape index (κ3) is 25.4. The van der Waals surface area contributed by atoms with E-state index < -0.39 is 95.6 Å². The second-order valence-electron chi connectivity index (χ2n) is 24.9. The molecule has 2 aliphatic heterocycles. The van der Waals surface area contributed by atoms with Crippen LogP contribution in [0.4, 0.5) is 18.4 Å². The number of aliphatic hydroxyl groups is 1. The number of sulfonamides is 2. The Balaban J connectivity index is 0.000000838. The summed E-state index contributed by atoms with van der Waals surface area (Å²) in [6.45, 7) is 18.9. The number of nitrogens with one attached hydrogen (secondary N) is 4. The molecule has 21 nitrogen and oxygen atoms in total. The first-order chi connectivity index (χ1) is 45.8. The van der Waals surface area contributed by atoms with E-state index in [0.29, 0.717) is 35.1 Å². The van der Waals surface area contributed by atoms with Crippen molar-refractivity contribution in [1.82, 2.24) is 29.9 Å². The third-order valence-electron chi connectivity index (χ3n) is 14.2. The van der Waals surface area contributed by atoms with Crippen LogP contribution in [0.1, 0.15) is 111 Å². The highest BCUT2D eigenvalue weighted by Crippen LogP contribution is 2.35. The molecule has 532 valence electrons. The van der Waals surface area contributed by atoms with Crippen molar-refractivity contribution in [3.05, 3.63) is 180 Å². The number of alkyl carbamates (subject to hydrolysis) is 2. The first-order valence-electron chi connectivity index (χ1n) is 31.2. The minimum absolute atomic E-state index is 0.